The summed E-state index contributed by atoms with van der Waals surface area (Å²) >= 11 is 22.9. The van der Waals surface area contributed by atoms with Crippen molar-refractivity contribution in [2.24, 2.45) is 0 Å². The van der Waals surface area contributed by atoms with E-state index in [0.717, 1.165) is 0 Å². The SMILES string of the molecule is N#CC(Cl)(Cl)C(O)COCCCCOc1c(Cl)cc(O)cc1Cl. The van der Waals surface area contributed by atoms with Crippen LogP contribution in [-0.4, -0.2) is 40.5 Å². The Morgan fingerprint density at radius 2 is 1.74 bits per heavy atom. The Labute approximate surface area is 154 Å². The topological polar surface area (TPSA) is 82.7 Å². The second-order valence-electron chi connectivity index (χ2n) is 4.62. The molecule has 1 unspecified atom stereocenters. The average molecular weight is 403 g/mol. The molecule has 0 saturated heterocycles. The van der Waals surface area contributed by atoms with Gasteiger partial charge in [0.2, 0.25) is 4.33 Å². The molecule has 0 amide bonds. The number of aliphatic hydroxyl groups is 1. The molecule has 0 fully saturated rings. The molecule has 5 nitrogen and oxygen atoms in total. The number of phenols is 1. The maximum absolute atomic E-state index is 9.53. The predicted molar refractivity (Wildman–Crippen MR) is 89.7 cm³/mol. The Bertz CT molecular complexity index is 539. The Morgan fingerprint density at radius 3 is 2.30 bits per heavy atom. The molecule has 2 N–H and O–H groups in total. The van der Waals surface area contributed by atoms with Gasteiger partial charge in [0.05, 0.1) is 23.3 Å². The Hall–Kier alpha value is -0.610. The summed E-state index contributed by atoms with van der Waals surface area (Å²) in [5.74, 6) is 0.275. The molecule has 1 aromatic carbocycles. The largest absolute Gasteiger partial charge is 0.508 e. The number of halogens is 4. The van der Waals surface area contributed by atoms with Gasteiger partial charge < -0.3 is 19.7 Å². The molecule has 23 heavy (non-hydrogen) atoms. The van der Waals surface area contributed by atoms with Crippen LogP contribution >= 0.6 is 46.4 Å². The normalized spacial score (nSPS) is 12.7. The summed E-state index contributed by atoms with van der Waals surface area (Å²) in [6.45, 7) is 0.549. The van der Waals surface area contributed by atoms with Gasteiger partial charge in [0.25, 0.3) is 0 Å². The number of rotatable bonds is 9. The fraction of sp³-hybridized carbons (Fsp3) is 0.500. The van der Waals surface area contributed by atoms with E-state index in [0.29, 0.717) is 31.8 Å². The Balaban J connectivity index is 2.21. The molecule has 0 aliphatic carbocycles. The van der Waals surface area contributed by atoms with Crippen molar-refractivity contribution < 1.29 is 19.7 Å². The molecule has 0 aliphatic heterocycles. The number of alkyl halides is 2. The number of nitrogens with zero attached hydrogens (tertiary/aromatic N) is 1. The van der Waals surface area contributed by atoms with Gasteiger partial charge in [0.15, 0.2) is 5.75 Å². The van der Waals surface area contributed by atoms with Crippen molar-refractivity contribution in [3.05, 3.63) is 22.2 Å². The van der Waals surface area contributed by atoms with Crippen molar-refractivity contribution >= 4 is 46.4 Å². The number of aromatic hydroxyl groups is 1. The van der Waals surface area contributed by atoms with Crippen molar-refractivity contribution in [3.8, 4) is 17.6 Å². The van der Waals surface area contributed by atoms with Crippen molar-refractivity contribution in [3.63, 3.8) is 0 Å². The molecule has 1 atom stereocenters. The van der Waals surface area contributed by atoms with Gasteiger partial charge in [-0.2, -0.15) is 5.26 Å². The summed E-state index contributed by atoms with van der Waals surface area (Å²) in [5, 5.41) is 27.9. The maximum atomic E-state index is 9.53. The number of ether oxygens (including phenoxy) is 2. The van der Waals surface area contributed by atoms with E-state index in [4.69, 9.17) is 61.1 Å². The highest BCUT2D eigenvalue weighted by molar-refractivity contribution is 6.50. The summed E-state index contributed by atoms with van der Waals surface area (Å²) in [6.07, 6.45) is 0.000515. The molecule has 9 heteroatoms. The molecule has 128 valence electrons. The minimum atomic E-state index is -1.88. The minimum Gasteiger partial charge on any atom is -0.508 e. The quantitative estimate of drug-likeness (QED) is 0.482. The lowest BCUT2D eigenvalue weighted by Crippen LogP contribution is -2.33. The molecule has 0 aromatic heterocycles. The van der Waals surface area contributed by atoms with E-state index in [2.05, 4.69) is 0 Å². The van der Waals surface area contributed by atoms with Crippen LogP contribution in [0, 0.1) is 11.3 Å². The van der Waals surface area contributed by atoms with Crippen LogP contribution in [0.15, 0.2) is 12.1 Å². The average Bonchev–Trinajstić information content (AvgIpc) is 2.47. The van der Waals surface area contributed by atoms with Gasteiger partial charge in [-0.3, -0.25) is 0 Å². The number of hydrogen-bond acceptors (Lipinski definition) is 5. The fourth-order valence-electron chi connectivity index (χ4n) is 1.54. The van der Waals surface area contributed by atoms with Gasteiger partial charge in [0.1, 0.15) is 17.9 Å². The van der Waals surface area contributed by atoms with Crippen LogP contribution in [0.2, 0.25) is 10.0 Å². The van der Waals surface area contributed by atoms with E-state index in [-0.39, 0.29) is 22.4 Å². The van der Waals surface area contributed by atoms with Crippen molar-refractivity contribution in [1.82, 2.24) is 0 Å². The highest BCUT2D eigenvalue weighted by Crippen LogP contribution is 2.36. The molecule has 0 heterocycles. The van der Waals surface area contributed by atoms with Crippen LogP contribution in [0.25, 0.3) is 0 Å². The van der Waals surface area contributed by atoms with E-state index in [1.807, 2.05) is 0 Å². The molecule has 0 aliphatic rings. The standard InChI is InChI=1S/C14H15Cl4NO4/c15-10-5-9(20)6-11(16)13(10)23-4-2-1-3-22-7-12(21)14(17,18)8-19/h5-6,12,20-21H,1-4,7H2. The van der Waals surface area contributed by atoms with E-state index in [1.54, 1.807) is 6.07 Å². The summed E-state index contributed by atoms with van der Waals surface area (Å²) < 4.78 is 8.77. The molecule has 0 bridgehead atoms. The second kappa shape index (κ2) is 9.63. The number of benzene rings is 1. The molecule has 0 spiro atoms. The summed E-state index contributed by atoms with van der Waals surface area (Å²) in [7, 11) is 0. The van der Waals surface area contributed by atoms with Crippen LogP contribution in [-0.2, 0) is 4.74 Å². The first kappa shape index (κ1) is 20.4. The zero-order chi connectivity index (χ0) is 17.5. The summed E-state index contributed by atoms with van der Waals surface area (Å²) in [5.41, 5.74) is 0. The smallest absolute Gasteiger partial charge is 0.230 e. The number of hydrogen-bond donors (Lipinski definition) is 2. The zero-order valence-corrected chi connectivity index (χ0v) is 15.0. The van der Waals surface area contributed by atoms with Crippen LogP contribution < -0.4 is 4.74 Å². The molecule has 0 saturated carbocycles. The fourth-order valence-corrected chi connectivity index (χ4v) is 2.25. The lowest BCUT2D eigenvalue weighted by molar-refractivity contribution is 0.0333. The monoisotopic (exact) mass is 401 g/mol. The maximum Gasteiger partial charge on any atom is 0.230 e. The predicted octanol–water partition coefficient (Wildman–Crippen LogP) is 3.93. The van der Waals surface area contributed by atoms with E-state index < -0.39 is 10.4 Å². The molecule has 1 rings (SSSR count). The van der Waals surface area contributed by atoms with E-state index in [1.165, 1.54) is 12.1 Å². The Kier molecular flexibility index (Phi) is 8.56. The van der Waals surface area contributed by atoms with E-state index in [9.17, 15) is 10.2 Å². The first-order chi connectivity index (χ1) is 10.8. The zero-order valence-electron chi connectivity index (χ0n) is 11.9. The third-order valence-electron chi connectivity index (χ3n) is 2.76. The summed E-state index contributed by atoms with van der Waals surface area (Å²) in [6, 6.07) is 4.25. The van der Waals surface area contributed by atoms with Crippen molar-refractivity contribution in [2.45, 2.75) is 23.3 Å². The lowest BCUT2D eigenvalue weighted by atomic mass is 10.3. The molecular formula is C14H15Cl4NO4. The van der Waals surface area contributed by atoms with Gasteiger partial charge in [0, 0.05) is 18.7 Å². The number of aliphatic hydroxyl groups excluding tert-OH is 1. The van der Waals surface area contributed by atoms with Gasteiger partial charge in [-0.1, -0.05) is 46.4 Å². The van der Waals surface area contributed by atoms with Crippen LogP contribution in [0.4, 0.5) is 0 Å². The van der Waals surface area contributed by atoms with E-state index >= 15 is 0 Å². The van der Waals surface area contributed by atoms with Crippen LogP contribution in [0.1, 0.15) is 12.8 Å². The second-order valence-corrected chi connectivity index (χ2v) is 6.82. The highest BCUT2D eigenvalue weighted by Gasteiger charge is 2.33. The van der Waals surface area contributed by atoms with Gasteiger partial charge in [-0.05, 0) is 12.8 Å². The van der Waals surface area contributed by atoms with Crippen LogP contribution in [0.3, 0.4) is 0 Å². The minimum absolute atomic E-state index is 0.0358. The van der Waals surface area contributed by atoms with Gasteiger partial charge in [-0.15, -0.1) is 0 Å². The third kappa shape index (κ3) is 6.80. The Morgan fingerprint density at radius 1 is 1.17 bits per heavy atom. The number of unbranched alkanes of at least 4 members (excludes halogenated alkanes) is 1. The molecule has 0 radical (unpaired) electrons. The van der Waals surface area contributed by atoms with Crippen molar-refractivity contribution in [2.75, 3.05) is 19.8 Å². The third-order valence-corrected chi connectivity index (χ3v) is 3.99. The van der Waals surface area contributed by atoms with Crippen LogP contribution in [0.5, 0.6) is 11.5 Å². The molecule has 1 aromatic rings. The first-order valence-corrected chi connectivity index (χ1v) is 8.14. The number of nitriles is 1. The first-order valence-electron chi connectivity index (χ1n) is 6.63. The number of phenolic OH excluding ortho intramolecular Hbond substituents is 1. The van der Waals surface area contributed by atoms with Crippen molar-refractivity contribution in [1.29, 1.82) is 5.26 Å². The lowest BCUT2D eigenvalue weighted by Gasteiger charge is -2.18. The van der Waals surface area contributed by atoms with Gasteiger partial charge in [-0.25, -0.2) is 0 Å². The summed E-state index contributed by atoms with van der Waals surface area (Å²) in [4.78, 5) is 0. The van der Waals surface area contributed by atoms with Gasteiger partial charge >= 0.3 is 0 Å². The molecular weight excluding hydrogens is 388 g/mol. The highest BCUT2D eigenvalue weighted by atomic mass is 35.5.